The predicted molar refractivity (Wildman–Crippen MR) is 111 cm³/mol. The summed E-state index contributed by atoms with van der Waals surface area (Å²) in [6.07, 6.45) is 0.770. The SMILES string of the molecule is Cc1cccc(-n2nc(C(C)C)c3c(N4CCC(C#N)C4)cc(C(=O)O)nc32)c1. The van der Waals surface area contributed by atoms with Crippen molar-refractivity contribution in [2.75, 3.05) is 18.0 Å². The van der Waals surface area contributed by atoms with Crippen LogP contribution in [0.5, 0.6) is 0 Å². The third-order valence-electron chi connectivity index (χ3n) is 5.37. The maximum Gasteiger partial charge on any atom is 0.354 e. The summed E-state index contributed by atoms with van der Waals surface area (Å²) < 4.78 is 1.74. The molecule has 0 bridgehead atoms. The number of nitrogens with zero attached hydrogens (tertiary/aromatic N) is 5. The van der Waals surface area contributed by atoms with Crippen molar-refractivity contribution >= 4 is 22.7 Å². The lowest BCUT2D eigenvalue weighted by Gasteiger charge is -2.20. The van der Waals surface area contributed by atoms with Gasteiger partial charge in [0.2, 0.25) is 0 Å². The predicted octanol–water partition coefficient (Wildman–Crippen LogP) is 3.90. The van der Waals surface area contributed by atoms with Crippen LogP contribution >= 0.6 is 0 Å². The lowest BCUT2D eigenvalue weighted by Crippen LogP contribution is -2.21. The van der Waals surface area contributed by atoms with Crippen molar-refractivity contribution in [1.29, 1.82) is 5.26 Å². The second kappa shape index (κ2) is 7.21. The monoisotopic (exact) mass is 389 g/mol. The summed E-state index contributed by atoms with van der Waals surface area (Å²) in [7, 11) is 0. The van der Waals surface area contributed by atoms with E-state index in [1.807, 2.05) is 31.2 Å². The van der Waals surface area contributed by atoms with Gasteiger partial charge < -0.3 is 10.0 Å². The Morgan fingerprint density at radius 3 is 2.76 bits per heavy atom. The Kier molecular flexibility index (Phi) is 4.71. The van der Waals surface area contributed by atoms with Gasteiger partial charge in [-0.2, -0.15) is 10.4 Å². The molecule has 1 saturated heterocycles. The van der Waals surface area contributed by atoms with E-state index in [0.717, 1.165) is 34.4 Å². The Balaban J connectivity index is 2.02. The molecule has 1 atom stereocenters. The molecular formula is C22H23N5O2. The molecule has 1 aromatic carbocycles. The van der Waals surface area contributed by atoms with Gasteiger partial charge in [0.1, 0.15) is 0 Å². The van der Waals surface area contributed by atoms with Crippen LogP contribution in [-0.2, 0) is 0 Å². The molecule has 0 aliphatic carbocycles. The number of carbonyl (C=O) groups is 1. The number of aryl methyl sites for hydroxylation is 1. The van der Waals surface area contributed by atoms with Crippen LogP contribution in [0, 0.1) is 24.2 Å². The molecule has 7 heteroatoms. The van der Waals surface area contributed by atoms with E-state index in [1.54, 1.807) is 10.7 Å². The first kappa shape index (κ1) is 18.9. The summed E-state index contributed by atoms with van der Waals surface area (Å²) in [6.45, 7) is 7.44. The molecule has 2 aromatic heterocycles. The van der Waals surface area contributed by atoms with Crippen LogP contribution in [-0.4, -0.2) is 38.9 Å². The number of fused-ring (bicyclic) bond motifs is 1. The Labute approximate surface area is 169 Å². The minimum absolute atomic E-state index is 0.0167. The number of pyridine rings is 1. The van der Waals surface area contributed by atoms with Gasteiger partial charge in [-0.05, 0) is 43.0 Å². The minimum atomic E-state index is -1.08. The molecule has 1 aliphatic heterocycles. The quantitative estimate of drug-likeness (QED) is 0.727. The molecule has 1 unspecified atom stereocenters. The first-order chi connectivity index (χ1) is 13.9. The molecule has 0 radical (unpaired) electrons. The normalized spacial score (nSPS) is 16.5. The number of aromatic nitrogens is 3. The van der Waals surface area contributed by atoms with E-state index in [1.165, 1.54) is 0 Å². The highest BCUT2D eigenvalue weighted by atomic mass is 16.4. The maximum absolute atomic E-state index is 11.8. The fraction of sp³-hybridized carbons (Fsp3) is 0.364. The molecule has 1 aliphatic rings. The van der Waals surface area contributed by atoms with Crippen molar-refractivity contribution in [2.45, 2.75) is 33.1 Å². The molecule has 1 N–H and O–H groups in total. The van der Waals surface area contributed by atoms with Crippen molar-refractivity contribution in [3.63, 3.8) is 0 Å². The second-order valence-corrected chi connectivity index (χ2v) is 7.88. The summed E-state index contributed by atoms with van der Waals surface area (Å²) in [5.74, 6) is -0.998. The standard InChI is InChI=1S/C22H23N5O2/c1-13(2)20-19-18(26-8-7-15(11-23)12-26)10-17(22(28)29)24-21(19)27(25-20)16-6-4-5-14(3)9-16/h4-6,9-10,13,15H,7-8,12H2,1-3H3,(H,28,29). The number of rotatable bonds is 4. The van der Waals surface area contributed by atoms with Crippen molar-refractivity contribution in [1.82, 2.24) is 14.8 Å². The average molecular weight is 389 g/mol. The highest BCUT2D eigenvalue weighted by Crippen LogP contribution is 2.36. The third kappa shape index (κ3) is 3.31. The van der Waals surface area contributed by atoms with Crippen LogP contribution in [0.4, 0.5) is 5.69 Å². The van der Waals surface area contributed by atoms with Gasteiger partial charge in [0.25, 0.3) is 0 Å². The van der Waals surface area contributed by atoms with E-state index < -0.39 is 5.97 Å². The molecule has 3 aromatic rings. The summed E-state index contributed by atoms with van der Waals surface area (Å²) in [4.78, 5) is 18.4. The van der Waals surface area contributed by atoms with Crippen LogP contribution in [0.1, 0.15) is 47.9 Å². The van der Waals surface area contributed by atoms with Crippen molar-refractivity contribution in [2.24, 2.45) is 5.92 Å². The number of hydrogen-bond acceptors (Lipinski definition) is 5. The largest absolute Gasteiger partial charge is 0.477 e. The number of nitriles is 1. The smallest absolute Gasteiger partial charge is 0.354 e. The van der Waals surface area contributed by atoms with Gasteiger partial charge in [0.05, 0.1) is 34.4 Å². The summed E-state index contributed by atoms with van der Waals surface area (Å²) in [5.41, 5.74) is 4.13. The van der Waals surface area contributed by atoms with Crippen LogP contribution in [0.15, 0.2) is 30.3 Å². The zero-order chi connectivity index (χ0) is 20.7. The van der Waals surface area contributed by atoms with Crippen LogP contribution < -0.4 is 4.90 Å². The highest BCUT2D eigenvalue weighted by Gasteiger charge is 2.29. The van der Waals surface area contributed by atoms with Gasteiger partial charge in [-0.1, -0.05) is 26.0 Å². The number of aromatic carboxylic acids is 1. The number of carboxylic acid groups (broad SMARTS) is 1. The molecule has 1 fully saturated rings. The first-order valence-electron chi connectivity index (χ1n) is 9.77. The van der Waals surface area contributed by atoms with Gasteiger partial charge in [0, 0.05) is 13.1 Å². The lowest BCUT2D eigenvalue weighted by molar-refractivity contribution is 0.0691. The van der Waals surface area contributed by atoms with E-state index >= 15 is 0 Å². The Morgan fingerprint density at radius 2 is 2.14 bits per heavy atom. The molecule has 4 rings (SSSR count). The molecule has 0 spiro atoms. The molecule has 0 amide bonds. The molecule has 0 saturated carbocycles. The van der Waals surface area contributed by atoms with E-state index in [0.29, 0.717) is 18.7 Å². The Morgan fingerprint density at radius 1 is 1.34 bits per heavy atom. The van der Waals surface area contributed by atoms with Gasteiger partial charge >= 0.3 is 5.97 Å². The molecule has 148 valence electrons. The third-order valence-corrected chi connectivity index (χ3v) is 5.37. The number of anilines is 1. The van der Waals surface area contributed by atoms with Crippen LogP contribution in [0.3, 0.4) is 0 Å². The van der Waals surface area contributed by atoms with Gasteiger partial charge in [-0.15, -0.1) is 0 Å². The Bertz CT molecular complexity index is 1140. The van der Waals surface area contributed by atoms with Crippen LogP contribution in [0.2, 0.25) is 0 Å². The fourth-order valence-corrected chi connectivity index (χ4v) is 3.91. The van der Waals surface area contributed by atoms with Gasteiger partial charge in [-0.3, -0.25) is 0 Å². The minimum Gasteiger partial charge on any atom is -0.477 e. The Hall–Kier alpha value is -3.40. The molecule has 7 nitrogen and oxygen atoms in total. The molecular weight excluding hydrogens is 366 g/mol. The number of benzene rings is 1. The lowest BCUT2D eigenvalue weighted by atomic mass is 10.1. The van der Waals surface area contributed by atoms with E-state index in [2.05, 4.69) is 29.8 Å². The van der Waals surface area contributed by atoms with Gasteiger partial charge in [-0.25, -0.2) is 14.5 Å². The average Bonchev–Trinajstić information content (AvgIpc) is 3.32. The van der Waals surface area contributed by atoms with Gasteiger partial charge in [0.15, 0.2) is 11.3 Å². The van der Waals surface area contributed by atoms with Crippen LogP contribution in [0.25, 0.3) is 16.7 Å². The molecule has 29 heavy (non-hydrogen) atoms. The molecule has 3 heterocycles. The summed E-state index contributed by atoms with van der Waals surface area (Å²) >= 11 is 0. The topological polar surface area (TPSA) is 95.0 Å². The van der Waals surface area contributed by atoms with E-state index in [-0.39, 0.29) is 17.5 Å². The zero-order valence-electron chi connectivity index (χ0n) is 16.8. The van der Waals surface area contributed by atoms with E-state index in [9.17, 15) is 15.2 Å². The second-order valence-electron chi connectivity index (χ2n) is 7.88. The number of carboxylic acids is 1. The van der Waals surface area contributed by atoms with E-state index in [4.69, 9.17) is 5.10 Å². The highest BCUT2D eigenvalue weighted by molar-refractivity contribution is 5.98. The fourth-order valence-electron chi connectivity index (χ4n) is 3.91. The zero-order valence-corrected chi connectivity index (χ0v) is 16.8. The summed E-state index contributed by atoms with van der Waals surface area (Å²) in [5, 5.41) is 24.7. The maximum atomic E-state index is 11.8. The van der Waals surface area contributed by atoms with Crippen molar-refractivity contribution in [3.05, 3.63) is 47.3 Å². The number of hydrogen-bond donors (Lipinski definition) is 1. The summed E-state index contributed by atoms with van der Waals surface area (Å²) in [6, 6.07) is 11.9. The first-order valence-corrected chi connectivity index (χ1v) is 9.77. The van der Waals surface area contributed by atoms with Crippen molar-refractivity contribution in [3.8, 4) is 11.8 Å². The van der Waals surface area contributed by atoms with Crippen molar-refractivity contribution < 1.29 is 9.90 Å².